The molecule has 0 N–H and O–H groups in total. The van der Waals surface area contributed by atoms with E-state index in [1.54, 1.807) is 11.3 Å². The van der Waals surface area contributed by atoms with Crippen LogP contribution >= 0.6 is 43.2 Å². The highest BCUT2D eigenvalue weighted by Crippen LogP contribution is 2.32. The van der Waals surface area contributed by atoms with Gasteiger partial charge < -0.3 is 0 Å². The van der Waals surface area contributed by atoms with E-state index in [2.05, 4.69) is 43.8 Å². The Morgan fingerprint density at radius 3 is 2.83 bits per heavy atom. The summed E-state index contributed by atoms with van der Waals surface area (Å²) in [6.45, 7) is 2.09. The number of benzene rings is 1. The summed E-state index contributed by atoms with van der Waals surface area (Å²) in [5, 5.41) is 0. The molecule has 2 rings (SSSR count). The summed E-state index contributed by atoms with van der Waals surface area (Å²) < 4.78 is 3.33. The molecule has 62 valence electrons. The summed E-state index contributed by atoms with van der Waals surface area (Å²) in [6.07, 6.45) is 0. The molecule has 0 atom stereocenters. The summed E-state index contributed by atoms with van der Waals surface area (Å²) in [5.74, 6) is 0. The smallest absolute Gasteiger partial charge is 0.160 e. The highest BCUT2D eigenvalue weighted by atomic mass is 79.9. The fraction of sp³-hybridized carbons (Fsp3) is 0.125. The van der Waals surface area contributed by atoms with Crippen LogP contribution in [0.2, 0.25) is 0 Å². The topological polar surface area (TPSA) is 12.9 Å². The largest absolute Gasteiger partial charge is 0.229 e. The van der Waals surface area contributed by atoms with E-state index >= 15 is 0 Å². The Morgan fingerprint density at radius 1 is 1.33 bits per heavy atom. The lowest BCUT2D eigenvalue weighted by molar-refractivity contribution is 1.43. The highest BCUT2D eigenvalue weighted by molar-refractivity contribution is 9.11. The number of rotatable bonds is 0. The van der Waals surface area contributed by atoms with Crippen LogP contribution < -0.4 is 0 Å². The van der Waals surface area contributed by atoms with Crippen molar-refractivity contribution in [3.8, 4) is 0 Å². The number of nitrogens with zero attached hydrogens (tertiary/aromatic N) is 1. The fourth-order valence-corrected chi connectivity index (χ4v) is 3.00. The van der Waals surface area contributed by atoms with Crippen molar-refractivity contribution in [2.45, 2.75) is 6.92 Å². The predicted molar refractivity (Wildman–Crippen MR) is 59.8 cm³/mol. The van der Waals surface area contributed by atoms with Crippen molar-refractivity contribution in [3.63, 3.8) is 0 Å². The van der Waals surface area contributed by atoms with Gasteiger partial charge >= 0.3 is 0 Å². The molecule has 1 heterocycles. The Hall–Kier alpha value is 0.0700. The monoisotopic (exact) mass is 305 g/mol. The van der Waals surface area contributed by atoms with Crippen LogP contribution in [0.15, 0.2) is 20.5 Å². The van der Waals surface area contributed by atoms with Gasteiger partial charge in [-0.1, -0.05) is 15.9 Å². The number of aromatic nitrogens is 1. The zero-order valence-corrected chi connectivity index (χ0v) is 10.3. The summed E-state index contributed by atoms with van der Waals surface area (Å²) in [7, 11) is 0. The first-order valence-corrected chi connectivity index (χ1v) is 5.80. The summed E-state index contributed by atoms with van der Waals surface area (Å²) in [4.78, 5) is 4.33. The summed E-state index contributed by atoms with van der Waals surface area (Å²) in [6, 6.07) is 4.05. The zero-order chi connectivity index (χ0) is 8.72. The molecule has 1 nitrogen and oxygen atoms in total. The third-order valence-corrected chi connectivity index (χ3v) is 4.21. The Bertz CT molecular complexity index is 436. The number of aryl methyl sites for hydroxylation is 1. The molecule has 0 radical (unpaired) electrons. The van der Waals surface area contributed by atoms with E-state index < -0.39 is 0 Å². The van der Waals surface area contributed by atoms with Crippen molar-refractivity contribution in [2.75, 3.05) is 0 Å². The highest BCUT2D eigenvalue weighted by Gasteiger charge is 2.05. The van der Waals surface area contributed by atoms with Crippen LogP contribution in [0.5, 0.6) is 0 Å². The summed E-state index contributed by atoms with van der Waals surface area (Å²) >= 11 is 8.53. The van der Waals surface area contributed by atoms with E-state index in [0.717, 1.165) is 13.9 Å². The third-order valence-electron chi connectivity index (χ3n) is 1.71. The molecule has 0 amide bonds. The minimum absolute atomic E-state index is 0.943. The van der Waals surface area contributed by atoms with Gasteiger partial charge in [0.1, 0.15) is 0 Å². The van der Waals surface area contributed by atoms with Crippen LogP contribution in [-0.4, -0.2) is 4.98 Å². The van der Waals surface area contributed by atoms with E-state index in [9.17, 15) is 0 Å². The molecule has 4 heteroatoms. The number of fused-ring (bicyclic) bond motifs is 1. The van der Waals surface area contributed by atoms with Gasteiger partial charge in [-0.15, -0.1) is 11.3 Å². The molecule has 0 bridgehead atoms. The zero-order valence-electron chi connectivity index (χ0n) is 6.27. The van der Waals surface area contributed by atoms with Crippen molar-refractivity contribution in [3.05, 3.63) is 26.1 Å². The van der Waals surface area contributed by atoms with Crippen LogP contribution in [0.25, 0.3) is 10.2 Å². The number of thiazole rings is 1. The van der Waals surface area contributed by atoms with E-state index in [-0.39, 0.29) is 0 Å². The first-order valence-electron chi connectivity index (χ1n) is 3.39. The Balaban J connectivity index is 2.89. The van der Waals surface area contributed by atoms with Crippen LogP contribution in [0.3, 0.4) is 0 Å². The van der Waals surface area contributed by atoms with Crippen molar-refractivity contribution in [1.29, 1.82) is 0 Å². The third kappa shape index (κ3) is 1.32. The molecule has 0 aliphatic heterocycles. The predicted octanol–water partition coefficient (Wildman–Crippen LogP) is 4.13. The number of halogens is 2. The minimum atomic E-state index is 0.943. The van der Waals surface area contributed by atoms with Crippen molar-refractivity contribution >= 4 is 53.4 Å². The molecule has 2 aromatic rings. The Labute approximate surface area is 91.1 Å². The Kier molecular flexibility index (Phi) is 2.23. The molecular formula is C8H5Br2NS. The number of hydrogen-bond donors (Lipinski definition) is 0. The van der Waals surface area contributed by atoms with E-state index in [0.29, 0.717) is 0 Å². The van der Waals surface area contributed by atoms with Gasteiger partial charge in [0.15, 0.2) is 3.92 Å². The molecule has 0 fully saturated rings. The maximum Gasteiger partial charge on any atom is 0.160 e. The van der Waals surface area contributed by atoms with Gasteiger partial charge in [0.25, 0.3) is 0 Å². The molecule has 0 spiro atoms. The van der Waals surface area contributed by atoms with E-state index in [1.165, 1.54) is 10.3 Å². The van der Waals surface area contributed by atoms with Crippen molar-refractivity contribution < 1.29 is 0 Å². The van der Waals surface area contributed by atoms with Gasteiger partial charge in [0.2, 0.25) is 0 Å². The molecule has 1 aromatic carbocycles. The van der Waals surface area contributed by atoms with Gasteiger partial charge in [-0.25, -0.2) is 4.98 Å². The quantitative estimate of drug-likeness (QED) is 0.713. The molecule has 1 aromatic heterocycles. The van der Waals surface area contributed by atoms with E-state index in [4.69, 9.17) is 0 Å². The second-order valence-electron chi connectivity index (χ2n) is 2.49. The van der Waals surface area contributed by atoms with Crippen LogP contribution in [0.1, 0.15) is 5.56 Å². The van der Waals surface area contributed by atoms with Gasteiger partial charge in [-0.05, 0) is 40.5 Å². The average molecular weight is 307 g/mol. The van der Waals surface area contributed by atoms with Gasteiger partial charge in [-0.2, -0.15) is 0 Å². The maximum atomic E-state index is 4.33. The molecule has 12 heavy (non-hydrogen) atoms. The lowest BCUT2D eigenvalue weighted by atomic mass is 10.2. The first kappa shape index (κ1) is 8.66. The second kappa shape index (κ2) is 3.09. The maximum absolute atomic E-state index is 4.33. The van der Waals surface area contributed by atoms with Crippen LogP contribution in [0, 0.1) is 6.92 Å². The molecule has 0 unspecified atom stereocenters. The molecule has 0 saturated carbocycles. The summed E-state index contributed by atoms with van der Waals surface area (Å²) in [5.41, 5.74) is 2.32. The Morgan fingerprint density at radius 2 is 2.08 bits per heavy atom. The fourth-order valence-electron chi connectivity index (χ4n) is 1.07. The SMILES string of the molecule is Cc1c(Br)ccc2nc(Br)sc12. The molecule has 0 saturated heterocycles. The first-order chi connectivity index (χ1) is 5.68. The van der Waals surface area contributed by atoms with Gasteiger partial charge in [-0.3, -0.25) is 0 Å². The van der Waals surface area contributed by atoms with Crippen molar-refractivity contribution in [1.82, 2.24) is 4.98 Å². The van der Waals surface area contributed by atoms with Crippen molar-refractivity contribution in [2.24, 2.45) is 0 Å². The molecule has 0 aliphatic carbocycles. The number of hydrogen-bond acceptors (Lipinski definition) is 2. The van der Waals surface area contributed by atoms with Crippen LogP contribution in [0.4, 0.5) is 0 Å². The normalized spacial score (nSPS) is 10.9. The second-order valence-corrected chi connectivity index (χ2v) is 5.62. The minimum Gasteiger partial charge on any atom is -0.229 e. The molecule has 0 aliphatic rings. The van der Waals surface area contributed by atoms with Gasteiger partial charge in [0, 0.05) is 4.47 Å². The molecular weight excluding hydrogens is 302 g/mol. The lowest BCUT2D eigenvalue weighted by Gasteiger charge is -1.96. The van der Waals surface area contributed by atoms with Crippen LogP contribution in [-0.2, 0) is 0 Å². The van der Waals surface area contributed by atoms with E-state index in [1.807, 2.05) is 12.1 Å². The standard InChI is InChI=1S/C8H5Br2NS/c1-4-5(9)2-3-6-7(4)12-8(10)11-6/h2-3H,1H3. The van der Waals surface area contributed by atoms with Gasteiger partial charge in [0.05, 0.1) is 10.2 Å². The lowest BCUT2D eigenvalue weighted by Crippen LogP contribution is -1.75. The average Bonchev–Trinajstić information content (AvgIpc) is 2.39.